The Balaban J connectivity index is 1.71. The second-order valence-corrected chi connectivity index (χ2v) is 10.9. The van der Waals surface area contributed by atoms with Gasteiger partial charge in [0.25, 0.3) is 5.69 Å². The van der Waals surface area contributed by atoms with Crippen molar-refractivity contribution < 1.29 is 48.2 Å². The van der Waals surface area contributed by atoms with E-state index in [0.717, 1.165) is 37.5 Å². The van der Waals surface area contributed by atoms with Gasteiger partial charge < -0.3 is 24.1 Å². The van der Waals surface area contributed by atoms with Gasteiger partial charge >= 0.3 is 23.9 Å². The van der Waals surface area contributed by atoms with Crippen LogP contribution >= 0.6 is 31.9 Å². The Morgan fingerprint density at radius 2 is 1.19 bits per heavy atom. The van der Waals surface area contributed by atoms with Gasteiger partial charge in [0.1, 0.15) is 0 Å². The predicted octanol–water partition coefficient (Wildman–Crippen LogP) is 4.57. The average Bonchev–Trinajstić information content (AvgIpc) is 3.00. The van der Waals surface area contributed by atoms with Crippen LogP contribution in [0.2, 0.25) is 0 Å². The summed E-state index contributed by atoms with van der Waals surface area (Å²) in [6, 6.07) is 16.4. The molecular weight excluding hydrogens is 698 g/mol. The van der Waals surface area contributed by atoms with Gasteiger partial charge in [-0.25, -0.2) is 19.2 Å². The van der Waals surface area contributed by atoms with Crippen molar-refractivity contribution >= 4 is 61.4 Å². The zero-order valence-electron chi connectivity index (χ0n) is 22.0. The number of rotatable bonds is 8. The van der Waals surface area contributed by atoms with Crippen molar-refractivity contribution in [2.24, 2.45) is 0 Å². The molecule has 0 fully saturated rings. The van der Waals surface area contributed by atoms with Gasteiger partial charge in [0.2, 0.25) is 5.60 Å². The number of nitro groups is 1. The molecule has 0 aliphatic heterocycles. The molecule has 1 N–H and O–H groups in total. The number of carbonyl (C=O) groups is 4. The lowest BCUT2D eigenvalue weighted by Gasteiger charge is -2.42. The minimum atomic E-state index is -2.91. The maximum atomic E-state index is 13.2. The van der Waals surface area contributed by atoms with Crippen molar-refractivity contribution in [2.75, 3.05) is 7.11 Å². The summed E-state index contributed by atoms with van der Waals surface area (Å²) < 4.78 is 22.7. The maximum Gasteiger partial charge on any atom is 0.346 e. The number of aliphatic hydroxyl groups is 1. The minimum absolute atomic E-state index is 0.0300. The highest BCUT2D eigenvalue weighted by Gasteiger charge is 2.60. The van der Waals surface area contributed by atoms with E-state index in [1.807, 2.05) is 0 Å². The summed E-state index contributed by atoms with van der Waals surface area (Å²) in [5, 5.41) is 22.8. The number of nitro benzene ring substituents is 1. The number of esters is 4. The number of non-ortho nitro benzene ring substituents is 1. The Morgan fingerprint density at radius 3 is 1.65 bits per heavy atom. The van der Waals surface area contributed by atoms with Crippen LogP contribution in [0, 0.1) is 10.1 Å². The first kappa shape index (κ1) is 31.5. The third-order valence-corrected chi connectivity index (χ3v) is 7.40. The number of carbonyl (C=O) groups excluding carboxylic acids is 4. The highest BCUT2D eigenvalue weighted by Crippen LogP contribution is 2.34. The molecule has 3 aromatic carbocycles. The van der Waals surface area contributed by atoms with Gasteiger partial charge in [0.05, 0.1) is 28.7 Å². The fourth-order valence-electron chi connectivity index (χ4n) is 4.10. The summed E-state index contributed by atoms with van der Waals surface area (Å²) in [6.45, 7) is 0. The quantitative estimate of drug-likeness (QED) is 0.114. The van der Waals surface area contributed by atoms with E-state index in [1.165, 1.54) is 30.3 Å². The normalized spacial score (nSPS) is 20.9. The minimum Gasteiger partial charge on any atom is -0.467 e. The first-order valence-electron chi connectivity index (χ1n) is 12.3. The summed E-state index contributed by atoms with van der Waals surface area (Å²) >= 11 is 6.53. The van der Waals surface area contributed by atoms with E-state index in [2.05, 4.69) is 31.9 Å². The van der Waals surface area contributed by atoms with Gasteiger partial charge in [-0.2, -0.15) is 0 Å². The molecule has 12 nitrogen and oxygen atoms in total. The summed E-state index contributed by atoms with van der Waals surface area (Å²) in [5.74, 6) is -4.31. The van der Waals surface area contributed by atoms with Crippen LogP contribution in [-0.2, 0) is 23.7 Å². The highest BCUT2D eigenvalue weighted by atomic mass is 79.9. The van der Waals surface area contributed by atoms with E-state index in [0.29, 0.717) is 8.95 Å². The van der Waals surface area contributed by atoms with Crippen LogP contribution in [-0.4, -0.2) is 64.9 Å². The molecule has 3 aromatic rings. The van der Waals surface area contributed by atoms with Crippen molar-refractivity contribution in [3.63, 3.8) is 0 Å². The Kier molecular flexibility index (Phi) is 9.73. The number of benzene rings is 3. The van der Waals surface area contributed by atoms with Crippen LogP contribution in [0.3, 0.4) is 0 Å². The molecular formula is C29H21Br2NO11. The second kappa shape index (κ2) is 13.3. The topological polar surface area (TPSA) is 169 Å². The van der Waals surface area contributed by atoms with Crippen LogP contribution in [0.4, 0.5) is 5.69 Å². The Labute approximate surface area is 260 Å². The van der Waals surface area contributed by atoms with E-state index in [4.69, 9.17) is 18.9 Å². The molecule has 1 aliphatic rings. The predicted molar refractivity (Wildman–Crippen MR) is 155 cm³/mol. The van der Waals surface area contributed by atoms with Gasteiger partial charge in [0.15, 0.2) is 18.3 Å². The second-order valence-electron chi connectivity index (χ2n) is 9.04. The number of nitrogens with zero attached hydrogens (tertiary/aromatic N) is 1. The number of hydrogen-bond acceptors (Lipinski definition) is 11. The van der Waals surface area contributed by atoms with Crippen molar-refractivity contribution in [3.8, 4) is 0 Å². The molecule has 222 valence electrons. The van der Waals surface area contributed by atoms with Gasteiger partial charge in [-0.3, -0.25) is 10.1 Å². The van der Waals surface area contributed by atoms with Gasteiger partial charge in [-0.15, -0.1) is 0 Å². The molecule has 0 amide bonds. The number of methoxy groups -OCH3 is 1. The van der Waals surface area contributed by atoms with Crippen molar-refractivity contribution in [1.29, 1.82) is 0 Å². The van der Waals surface area contributed by atoms with E-state index in [-0.39, 0.29) is 22.4 Å². The molecule has 0 heterocycles. The lowest BCUT2D eigenvalue weighted by molar-refractivity contribution is -0.384. The van der Waals surface area contributed by atoms with Crippen LogP contribution in [0.25, 0.3) is 0 Å². The van der Waals surface area contributed by atoms with E-state index in [9.17, 15) is 34.4 Å². The largest absolute Gasteiger partial charge is 0.467 e. The lowest BCUT2D eigenvalue weighted by atomic mass is 9.81. The maximum absolute atomic E-state index is 13.2. The molecule has 1 aliphatic carbocycles. The molecule has 4 rings (SSSR count). The molecule has 4 atom stereocenters. The van der Waals surface area contributed by atoms with E-state index in [1.54, 1.807) is 24.3 Å². The molecule has 0 radical (unpaired) electrons. The number of ether oxygens (including phenoxy) is 4. The molecule has 0 spiro atoms. The molecule has 0 bridgehead atoms. The smallest absolute Gasteiger partial charge is 0.346 e. The average molecular weight is 719 g/mol. The monoisotopic (exact) mass is 717 g/mol. The molecule has 14 heteroatoms. The van der Waals surface area contributed by atoms with E-state index < -0.39 is 52.7 Å². The summed E-state index contributed by atoms with van der Waals surface area (Å²) in [7, 11) is 0.949. The van der Waals surface area contributed by atoms with E-state index >= 15 is 0 Å². The Bertz CT molecular complexity index is 1570. The number of halogens is 2. The van der Waals surface area contributed by atoms with Crippen LogP contribution in [0.5, 0.6) is 0 Å². The van der Waals surface area contributed by atoms with Crippen molar-refractivity contribution in [1.82, 2.24) is 0 Å². The lowest BCUT2D eigenvalue weighted by Crippen LogP contribution is -2.66. The van der Waals surface area contributed by atoms with Crippen LogP contribution in [0.1, 0.15) is 31.1 Å². The molecule has 0 unspecified atom stereocenters. The standard InChI is InChI=1S/C29H21Br2NO11/c1-40-28(36)29(37)23(42-26(34)18-6-12-21(13-7-18)32(38)39)15-14-22(41-25(33)16-2-8-19(30)9-3-16)24(29)43-27(35)17-4-10-20(31)11-5-17/h2-15,22-24,37H,1H3/t22-,23-,24+,29-/m1/s1. The van der Waals surface area contributed by atoms with Gasteiger partial charge in [-0.05, 0) is 72.8 Å². The van der Waals surface area contributed by atoms with Crippen molar-refractivity contribution in [2.45, 2.75) is 23.9 Å². The van der Waals surface area contributed by atoms with Crippen LogP contribution in [0.15, 0.2) is 93.9 Å². The Hall–Kier alpha value is -4.40. The fraction of sp³-hybridized carbons (Fsp3) is 0.172. The summed E-state index contributed by atoms with van der Waals surface area (Å²) in [5.41, 5.74) is -3.19. The summed E-state index contributed by atoms with van der Waals surface area (Å²) in [4.78, 5) is 62.5. The summed E-state index contributed by atoms with van der Waals surface area (Å²) in [6.07, 6.45) is -3.04. The Morgan fingerprint density at radius 1 is 0.744 bits per heavy atom. The molecule has 0 saturated heterocycles. The number of hydrogen-bond donors (Lipinski definition) is 1. The van der Waals surface area contributed by atoms with Gasteiger partial charge in [0, 0.05) is 21.1 Å². The zero-order valence-corrected chi connectivity index (χ0v) is 25.2. The molecule has 0 saturated carbocycles. The first-order valence-corrected chi connectivity index (χ1v) is 13.9. The van der Waals surface area contributed by atoms with Crippen molar-refractivity contribution in [3.05, 3.63) is 121 Å². The van der Waals surface area contributed by atoms with Crippen LogP contribution < -0.4 is 0 Å². The fourth-order valence-corrected chi connectivity index (χ4v) is 4.63. The highest BCUT2D eigenvalue weighted by molar-refractivity contribution is 9.10. The van der Waals surface area contributed by atoms with Gasteiger partial charge in [-0.1, -0.05) is 31.9 Å². The third kappa shape index (κ3) is 6.98. The first-order chi connectivity index (χ1) is 20.4. The molecule has 43 heavy (non-hydrogen) atoms. The zero-order chi connectivity index (χ0) is 31.3. The SMILES string of the molecule is COC(=O)[C@@]1(O)[C@H](OC(=O)c2ccc([N+](=O)[O-])cc2)C=C[C@@H](OC(=O)c2ccc(Br)cc2)[C@@H]1OC(=O)c1ccc(Br)cc1. The third-order valence-electron chi connectivity index (χ3n) is 6.34. The molecule has 0 aromatic heterocycles.